The summed E-state index contributed by atoms with van der Waals surface area (Å²) in [5.41, 5.74) is 1.52. The molecule has 0 radical (unpaired) electrons. The zero-order chi connectivity index (χ0) is 32.6. The predicted molar refractivity (Wildman–Crippen MR) is 177 cm³/mol. The molecule has 0 aromatic heterocycles. The SMILES string of the molecule is CCCCCCCCCC(C)(C)c1ccc(COCC2COCCOCCOCCOCCOCCO2)c(P(=O)(O)OCC)c1. The molecule has 1 N–H and O–H groups in total. The highest BCUT2D eigenvalue weighted by Crippen LogP contribution is 2.43. The standard InChI is InChI=1S/C34H61O10P/c1-5-7-8-9-10-11-12-15-34(3,4)31-14-13-30(33(26-31)45(35,36)44-6-2)27-42-29-32-28-41-23-22-39-19-18-37-16-17-38-20-21-40-24-25-43-32/h13-14,26,32H,5-12,15-25,27-29H2,1-4H3,(H,35,36). The van der Waals surface area contributed by atoms with Crippen LogP contribution in [0, 0.1) is 0 Å². The van der Waals surface area contributed by atoms with Crippen molar-refractivity contribution in [3.63, 3.8) is 0 Å². The second-order valence-electron chi connectivity index (χ2n) is 12.1. The third kappa shape index (κ3) is 17.7. The van der Waals surface area contributed by atoms with E-state index in [1.54, 1.807) is 6.92 Å². The van der Waals surface area contributed by atoms with Gasteiger partial charge in [0, 0.05) is 0 Å². The molecular formula is C34H61O10P. The van der Waals surface area contributed by atoms with E-state index >= 15 is 0 Å². The Hall–Kier alpha value is -0.910. The topological polar surface area (TPSA) is 111 Å². The van der Waals surface area contributed by atoms with Crippen LogP contribution >= 0.6 is 7.60 Å². The molecule has 1 fully saturated rings. The summed E-state index contributed by atoms with van der Waals surface area (Å²) in [7, 11) is -4.04. The van der Waals surface area contributed by atoms with Crippen LogP contribution < -0.4 is 5.30 Å². The van der Waals surface area contributed by atoms with E-state index in [-0.39, 0.29) is 31.3 Å². The molecule has 11 heteroatoms. The number of ether oxygens (including phenoxy) is 7. The summed E-state index contributed by atoms with van der Waals surface area (Å²) in [6.45, 7) is 13.9. The molecule has 0 bridgehead atoms. The zero-order valence-electron chi connectivity index (χ0n) is 28.4. The summed E-state index contributed by atoms with van der Waals surface area (Å²) in [6, 6.07) is 5.80. The Morgan fingerprint density at radius 1 is 0.800 bits per heavy atom. The Morgan fingerprint density at radius 2 is 1.36 bits per heavy atom. The molecule has 45 heavy (non-hydrogen) atoms. The fourth-order valence-corrected chi connectivity index (χ4v) is 6.39. The Morgan fingerprint density at radius 3 is 1.96 bits per heavy atom. The summed E-state index contributed by atoms with van der Waals surface area (Å²) >= 11 is 0. The molecule has 1 aromatic rings. The minimum atomic E-state index is -4.04. The van der Waals surface area contributed by atoms with E-state index in [9.17, 15) is 9.46 Å². The molecule has 2 rings (SSSR count). The van der Waals surface area contributed by atoms with Crippen LogP contribution in [0.2, 0.25) is 0 Å². The van der Waals surface area contributed by atoms with Crippen LogP contribution in [0.4, 0.5) is 0 Å². The Bertz CT molecular complexity index is 910. The van der Waals surface area contributed by atoms with Crippen molar-refractivity contribution in [1.29, 1.82) is 0 Å². The molecule has 10 nitrogen and oxygen atoms in total. The van der Waals surface area contributed by atoms with Crippen LogP contribution in [0.5, 0.6) is 0 Å². The quantitative estimate of drug-likeness (QED) is 0.169. The van der Waals surface area contributed by atoms with Gasteiger partial charge in [-0.05, 0) is 36.0 Å². The third-order valence-corrected chi connectivity index (χ3v) is 9.45. The van der Waals surface area contributed by atoms with Crippen molar-refractivity contribution in [2.75, 3.05) is 85.9 Å². The van der Waals surface area contributed by atoms with Crippen molar-refractivity contribution in [3.8, 4) is 0 Å². The van der Waals surface area contributed by atoms with Crippen molar-refractivity contribution < 1.29 is 47.1 Å². The number of unbranched alkanes of at least 4 members (excludes halogenated alkanes) is 6. The van der Waals surface area contributed by atoms with Gasteiger partial charge in [-0.15, -0.1) is 0 Å². The minimum Gasteiger partial charge on any atom is -0.377 e. The summed E-state index contributed by atoms with van der Waals surface area (Å²) in [5, 5.41) is 0.299. The van der Waals surface area contributed by atoms with Crippen molar-refractivity contribution in [3.05, 3.63) is 29.3 Å². The van der Waals surface area contributed by atoms with Gasteiger partial charge in [-0.25, -0.2) is 0 Å². The molecule has 0 amide bonds. The van der Waals surface area contributed by atoms with Crippen LogP contribution in [0.25, 0.3) is 0 Å². The molecule has 0 spiro atoms. The summed E-state index contributed by atoms with van der Waals surface area (Å²) in [4.78, 5) is 10.9. The van der Waals surface area contributed by atoms with Crippen LogP contribution in [-0.4, -0.2) is 96.9 Å². The van der Waals surface area contributed by atoms with E-state index in [0.717, 1.165) is 18.4 Å². The average molecular weight is 661 g/mol. The van der Waals surface area contributed by atoms with Crippen LogP contribution in [0.3, 0.4) is 0 Å². The van der Waals surface area contributed by atoms with Gasteiger partial charge >= 0.3 is 7.60 Å². The fourth-order valence-electron chi connectivity index (χ4n) is 5.10. The smallest absolute Gasteiger partial charge is 0.359 e. The molecule has 1 saturated heterocycles. The third-order valence-electron chi connectivity index (χ3n) is 7.81. The highest BCUT2D eigenvalue weighted by molar-refractivity contribution is 7.61. The lowest BCUT2D eigenvalue weighted by Crippen LogP contribution is -2.29. The summed E-state index contributed by atoms with van der Waals surface area (Å²) in [6.07, 6.45) is 9.43. The highest BCUT2D eigenvalue weighted by Gasteiger charge is 2.29. The van der Waals surface area contributed by atoms with Crippen LogP contribution in [0.15, 0.2) is 18.2 Å². The van der Waals surface area contributed by atoms with E-state index in [2.05, 4.69) is 26.8 Å². The summed E-state index contributed by atoms with van der Waals surface area (Å²) in [5.74, 6) is 0. The second kappa shape index (κ2) is 24.3. The fraction of sp³-hybridized carbons (Fsp3) is 0.824. The highest BCUT2D eigenvalue weighted by atomic mass is 31.2. The van der Waals surface area contributed by atoms with Gasteiger partial charge in [-0.1, -0.05) is 77.8 Å². The molecular weight excluding hydrogens is 599 g/mol. The Labute approximate surface area is 272 Å². The van der Waals surface area contributed by atoms with Gasteiger partial charge < -0.3 is 42.6 Å². The lowest BCUT2D eigenvalue weighted by Gasteiger charge is -2.27. The molecule has 1 aliphatic rings. The maximum Gasteiger partial charge on any atom is 0.359 e. The van der Waals surface area contributed by atoms with Crippen LogP contribution in [0.1, 0.15) is 90.2 Å². The number of hydrogen-bond acceptors (Lipinski definition) is 9. The largest absolute Gasteiger partial charge is 0.377 e. The van der Waals surface area contributed by atoms with E-state index in [1.807, 2.05) is 12.1 Å². The van der Waals surface area contributed by atoms with Gasteiger partial charge in [0.1, 0.15) is 6.10 Å². The molecule has 1 aromatic carbocycles. The average Bonchev–Trinajstić information content (AvgIpc) is 3.01. The van der Waals surface area contributed by atoms with E-state index in [0.29, 0.717) is 83.5 Å². The molecule has 0 saturated carbocycles. The van der Waals surface area contributed by atoms with Gasteiger partial charge in [0.05, 0.1) is 97.8 Å². The predicted octanol–water partition coefficient (Wildman–Crippen LogP) is 5.95. The molecule has 1 aliphatic heterocycles. The first-order chi connectivity index (χ1) is 21.8. The molecule has 262 valence electrons. The summed E-state index contributed by atoms with van der Waals surface area (Å²) < 4.78 is 58.6. The molecule has 0 aliphatic carbocycles. The lowest BCUT2D eigenvalue weighted by atomic mass is 9.79. The maximum absolute atomic E-state index is 13.3. The van der Waals surface area contributed by atoms with Gasteiger partial charge in [-0.3, -0.25) is 4.57 Å². The Balaban J connectivity index is 1.99. The Kier molecular flexibility index (Phi) is 21.7. The number of rotatable bonds is 16. The van der Waals surface area contributed by atoms with Gasteiger partial charge in [0.2, 0.25) is 0 Å². The van der Waals surface area contributed by atoms with Crippen molar-refractivity contribution >= 4 is 12.9 Å². The van der Waals surface area contributed by atoms with Gasteiger partial charge in [-0.2, -0.15) is 0 Å². The van der Waals surface area contributed by atoms with Gasteiger partial charge in [0.25, 0.3) is 0 Å². The number of benzene rings is 1. The van der Waals surface area contributed by atoms with E-state index in [1.165, 1.54) is 38.5 Å². The van der Waals surface area contributed by atoms with Crippen molar-refractivity contribution in [2.24, 2.45) is 0 Å². The normalized spacial score (nSPS) is 20.2. The van der Waals surface area contributed by atoms with E-state index < -0.39 is 7.60 Å². The first-order valence-corrected chi connectivity index (χ1v) is 18.6. The molecule has 2 atom stereocenters. The zero-order valence-corrected chi connectivity index (χ0v) is 29.3. The molecule has 1 heterocycles. The number of hydrogen-bond donors (Lipinski definition) is 1. The van der Waals surface area contributed by atoms with Gasteiger partial charge in [0.15, 0.2) is 0 Å². The van der Waals surface area contributed by atoms with E-state index in [4.69, 9.17) is 37.7 Å². The monoisotopic (exact) mass is 660 g/mol. The molecule has 2 unspecified atom stereocenters. The lowest BCUT2D eigenvalue weighted by molar-refractivity contribution is -0.0865. The van der Waals surface area contributed by atoms with Crippen molar-refractivity contribution in [2.45, 2.75) is 97.2 Å². The minimum absolute atomic E-state index is 0.137. The maximum atomic E-state index is 13.3. The first-order valence-electron chi connectivity index (χ1n) is 17.0. The second-order valence-corrected chi connectivity index (χ2v) is 13.9. The van der Waals surface area contributed by atoms with Crippen molar-refractivity contribution in [1.82, 2.24) is 0 Å². The van der Waals surface area contributed by atoms with Crippen LogP contribution in [-0.2, 0) is 54.3 Å². The first kappa shape index (κ1) is 40.3.